The smallest absolute Gasteiger partial charge is 0.299 e. The summed E-state index contributed by atoms with van der Waals surface area (Å²) in [6, 6.07) is 2.95. The van der Waals surface area contributed by atoms with E-state index in [-0.39, 0.29) is 11.1 Å². The first kappa shape index (κ1) is 18.9. The maximum atomic E-state index is 12.8. The molecule has 0 amide bonds. The van der Waals surface area contributed by atoms with Gasteiger partial charge in [0.1, 0.15) is 12.5 Å². The fraction of sp³-hybridized carbons (Fsp3) is 0.462. The van der Waals surface area contributed by atoms with Gasteiger partial charge < -0.3 is 0 Å². The van der Waals surface area contributed by atoms with Crippen molar-refractivity contribution in [3.8, 4) is 0 Å². The van der Waals surface area contributed by atoms with E-state index in [1.807, 2.05) is 0 Å². The summed E-state index contributed by atoms with van der Waals surface area (Å²) in [5.41, 5.74) is -0.592. The van der Waals surface area contributed by atoms with E-state index >= 15 is 0 Å². The zero-order chi connectivity index (χ0) is 17.8. The third-order valence-electron chi connectivity index (χ3n) is 3.06. The SMILES string of the molecule is O=C(CCC(F)(F)C(F)(F)F)Cc1ccc([N+](=O)[O-])cc1C[18F]. The Labute approximate surface area is 126 Å². The summed E-state index contributed by atoms with van der Waals surface area (Å²) in [4.78, 5) is 21.3. The fourth-order valence-electron chi connectivity index (χ4n) is 1.76. The molecular formula is C13H11F6NO3. The van der Waals surface area contributed by atoms with E-state index in [2.05, 4.69) is 0 Å². The van der Waals surface area contributed by atoms with Crippen LogP contribution in [0.5, 0.6) is 0 Å². The predicted molar refractivity (Wildman–Crippen MR) is 66.9 cm³/mol. The number of ketones is 1. The van der Waals surface area contributed by atoms with Crippen LogP contribution in [0.25, 0.3) is 0 Å². The van der Waals surface area contributed by atoms with E-state index in [1.165, 1.54) is 0 Å². The van der Waals surface area contributed by atoms with Crippen molar-refractivity contribution >= 4 is 11.5 Å². The molecule has 0 aliphatic carbocycles. The largest absolute Gasteiger partial charge is 0.453 e. The topological polar surface area (TPSA) is 60.2 Å². The van der Waals surface area contributed by atoms with Crippen molar-refractivity contribution < 1.29 is 36.1 Å². The Kier molecular flexibility index (Phi) is 5.73. The Balaban J connectivity index is 2.77. The highest BCUT2D eigenvalue weighted by Gasteiger charge is 2.56. The van der Waals surface area contributed by atoms with E-state index < -0.39 is 54.4 Å². The van der Waals surface area contributed by atoms with Crippen LogP contribution in [0.3, 0.4) is 0 Å². The summed E-state index contributed by atoms with van der Waals surface area (Å²) in [7, 11) is 0. The van der Waals surface area contributed by atoms with Crippen LogP contribution >= 0.6 is 0 Å². The molecule has 0 bridgehead atoms. The molecule has 0 spiro atoms. The van der Waals surface area contributed by atoms with Crippen molar-refractivity contribution in [2.45, 2.75) is 38.0 Å². The lowest BCUT2D eigenvalue weighted by molar-refractivity contribution is -0.384. The number of hydrogen-bond acceptors (Lipinski definition) is 3. The second-order valence-corrected chi connectivity index (χ2v) is 4.76. The Morgan fingerprint density at radius 3 is 2.22 bits per heavy atom. The summed E-state index contributed by atoms with van der Waals surface area (Å²) in [5.74, 6) is -5.93. The Morgan fingerprint density at radius 2 is 1.74 bits per heavy atom. The van der Waals surface area contributed by atoms with Crippen molar-refractivity contribution in [2.75, 3.05) is 0 Å². The van der Waals surface area contributed by atoms with Gasteiger partial charge in [0.25, 0.3) is 5.69 Å². The van der Waals surface area contributed by atoms with Gasteiger partial charge in [-0.2, -0.15) is 22.0 Å². The molecule has 1 aromatic rings. The van der Waals surface area contributed by atoms with Gasteiger partial charge in [-0.3, -0.25) is 14.9 Å². The third kappa shape index (κ3) is 4.93. The average molecular weight is 342 g/mol. The van der Waals surface area contributed by atoms with E-state index in [1.54, 1.807) is 0 Å². The Morgan fingerprint density at radius 1 is 1.13 bits per heavy atom. The minimum absolute atomic E-state index is 0.0124. The zero-order valence-electron chi connectivity index (χ0n) is 11.5. The van der Waals surface area contributed by atoms with Crippen LogP contribution in [0, 0.1) is 10.1 Å². The number of hydrogen-bond donors (Lipinski definition) is 0. The van der Waals surface area contributed by atoms with Gasteiger partial charge in [0.2, 0.25) is 0 Å². The number of non-ortho nitro benzene ring substituents is 1. The monoisotopic (exact) mass is 342 g/mol. The molecule has 1 rings (SSSR count). The van der Waals surface area contributed by atoms with Crippen molar-refractivity contribution in [2.24, 2.45) is 0 Å². The summed E-state index contributed by atoms with van der Waals surface area (Å²) in [6.45, 7) is -1.14. The van der Waals surface area contributed by atoms with Crippen molar-refractivity contribution in [1.29, 1.82) is 0 Å². The molecule has 0 fully saturated rings. The summed E-state index contributed by atoms with van der Waals surface area (Å²) in [6.07, 6.45) is -9.07. The van der Waals surface area contributed by atoms with Gasteiger partial charge in [-0.15, -0.1) is 0 Å². The first-order valence-electron chi connectivity index (χ1n) is 6.26. The van der Waals surface area contributed by atoms with Crippen LogP contribution in [-0.2, 0) is 17.9 Å². The number of carbonyl (C=O) groups excluding carboxylic acids is 1. The van der Waals surface area contributed by atoms with Crippen LogP contribution in [-0.4, -0.2) is 22.8 Å². The summed E-state index contributed by atoms with van der Waals surface area (Å²) in [5, 5.41) is 10.5. The van der Waals surface area contributed by atoms with Gasteiger partial charge in [-0.25, -0.2) is 4.39 Å². The predicted octanol–water partition coefficient (Wildman–Crippen LogP) is 4.15. The van der Waals surface area contributed by atoms with Crippen LogP contribution in [0.2, 0.25) is 0 Å². The van der Waals surface area contributed by atoms with E-state index in [4.69, 9.17) is 0 Å². The van der Waals surface area contributed by atoms with Crippen LogP contribution in [0.4, 0.5) is 32.0 Å². The lowest BCUT2D eigenvalue weighted by Gasteiger charge is -2.18. The number of halogens is 6. The van der Waals surface area contributed by atoms with E-state index in [0.717, 1.165) is 18.2 Å². The van der Waals surface area contributed by atoms with Crippen molar-refractivity contribution in [1.82, 2.24) is 0 Å². The molecular weight excluding hydrogens is 331 g/mol. The number of nitrogens with zero attached hydrogens (tertiary/aromatic N) is 1. The molecule has 0 aliphatic rings. The number of Topliss-reactive ketones (excluding diaryl/α,β-unsaturated/α-hetero) is 1. The minimum atomic E-state index is -5.75. The van der Waals surface area contributed by atoms with Gasteiger partial charge in [0, 0.05) is 31.4 Å². The molecule has 0 aromatic heterocycles. The summed E-state index contributed by atoms with van der Waals surface area (Å²) >= 11 is 0. The molecule has 4 nitrogen and oxygen atoms in total. The summed E-state index contributed by atoms with van der Waals surface area (Å²) < 4.78 is 74.1. The molecule has 0 atom stereocenters. The molecule has 0 saturated carbocycles. The van der Waals surface area contributed by atoms with Gasteiger partial charge in [0.15, 0.2) is 0 Å². The van der Waals surface area contributed by atoms with Crippen LogP contribution < -0.4 is 0 Å². The van der Waals surface area contributed by atoms with E-state index in [0.29, 0.717) is 0 Å². The molecule has 128 valence electrons. The second-order valence-electron chi connectivity index (χ2n) is 4.76. The Bertz CT molecular complexity index is 600. The van der Waals surface area contributed by atoms with E-state index in [9.17, 15) is 41.3 Å². The normalized spacial score (nSPS) is 12.3. The number of nitro groups is 1. The first-order chi connectivity index (χ1) is 10.5. The van der Waals surface area contributed by atoms with Gasteiger partial charge in [-0.1, -0.05) is 6.07 Å². The molecule has 23 heavy (non-hydrogen) atoms. The number of rotatable bonds is 7. The lowest BCUT2D eigenvalue weighted by atomic mass is 9.99. The van der Waals surface area contributed by atoms with Crippen molar-refractivity contribution in [3.05, 3.63) is 39.4 Å². The van der Waals surface area contributed by atoms with Gasteiger partial charge in [0.05, 0.1) is 4.92 Å². The highest BCUT2D eigenvalue weighted by Crippen LogP contribution is 2.38. The molecule has 0 unspecified atom stereocenters. The molecule has 0 radical (unpaired) electrons. The molecule has 1 aromatic carbocycles. The zero-order valence-corrected chi connectivity index (χ0v) is 11.5. The first-order valence-corrected chi connectivity index (χ1v) is 6.26. The Hall–Kier alpha value is -2.13. The fourth-order valence-corrected chi connectivity index (χ4v) is 1.76. The standard InChI is InChI=1S/C13H11F6NO3/c14-7-9-5-10(20(22)23)2-1-8(9)6-11(21)3-4-12(15,16)13(17,18)19/h1-2,5H,3-4,6-7H2/i14-1. The highest BCUT2D eigenvalue weighted by molar-refractivity contribution is 5.81. The number of alkyl halides is 6. The number of carbonyl (C=O) groups is 1. The van der Waals surface area contributed by atoms with Gasteiger partial charge in [-0.05, 0) is 11.1 Å². The van der Waals surface area contributed by atoms with Gasteiger partial charge >= 0.3 is 12.1 Å². The van der Waals surface area contributed by atoms with Crippen LogP contribution in [0.1, 0.15) is 24.0 Å². The van der Waals surface area contributed by atoms with Crippen molar-refractivity contribution in [3.63, 3.8) is 0 Å². The van der Waals surface area contributed by atoms with Crippen LogP contribution in [0.15, 0.2) is 18.2 Å². The molecule has 10 heteroatoms. The highest BCUT2D eigenvalue weighted by atomic mass is 19.4. The molecule has 0 heterocycles. The molecule has 0 saturated heterocycles. The molecule has 0 aliphatic heterocycles. The average Bonchev–Trinajstić information content (AvgIpc) is 2.44. The molecule has 0 N–H and O–H groups in total. The quantitative estimate of drug-likeness (QED) is 0.425. The lowest BCUT2D eigenvalue weighted by Crippen LogP contribution is -2.36. The maximum Gasteiger partial charge on any atom is 0.453 e. The maximum absolute atomic E-state index is 12.8. The number of benzene rings is 1. The third-order valence-corrected chi connectivity index (χ3v) is 3.06. The number of nitro benzene ring substituents is 1. The second kappa shape index (κ2) is 6.97. The minimum Gasteiger partial charge on any atom is -0.299 e.